The molecule has 1 atom stereocenters. The van der Waals surface area contributed by atoms with E-state index in [2.05, 4.69) is 18.9 Å². The maximum Gasteiger partial charge on any atom is 0.410 e. The smallest absolute Gasteiger partial charge is 0.410 e. The molecule has 0 radical (unpaired) electrons. The topological polar surface area (TPSA) is 56.6 Å². The van der Waals surface area contributed by atoms with E-state index in [1.807, 2.05) is 38.4 Å². The van der Waals surface area contributed by atoms with Gasteiger partial charge in [-0.1, -0.05) is 0 Å². The second kappa shape index (κ2) is 6.51. The highest BCUT2D eigenvalue weighted by Gasteiger charge is 2.38. The Labute approximate surface area is 138 Å². The molecule has 23 heavy (non-hydrogen) atoms. The molecule has 1 aliphatic heterocycles. The Balaban J connectivity index is 1.92. The van der Waals surface area contributed by atoms with Gasteiger partial charge in [-0.25, -0.2) is 4.79 Å². The molecule has 6 nitrogen and oxygen atoms in total. The molecule has 1 aromatic heterocycles. The first-order valence-electron chi connectivity index (χ1n) is 8.27. The maximum atomic E-state index is 12.2. The van der Waals surface area contributed by atoms with E-state index in [1.54, 1.807) is 4.90 Å². The molecule has 1 amide bonds. The van der Waals surface area contributed by atoms with Gasteiger partial charge in [0.2, 0.25) is 0 Å². The SMILES string of the molecule is CCn1nc(C)cc1COC1(C)CCN(C(=O)OC(C)(C)C)C1. The number of hydrogen-bond donors (Lipinski definition) is 0. The van der Waals surface area contributed by atoms with Crippen LogP contribution in [0.2, 0.25) is 0 Å². The Morgan fingerprint density at radius 3 is 2.74 bits per heavy atom. The Hall–Kier alpha value is -1.56. The second-order valence-electron chi connectivity index (χ2n) is 7.48. The lowest BCUT2D eigenvalue weighted by Gasteiger charge is -2.27. The summed E-state index contributed by atoms with van der Waals surface area (Å²) in [4.78, 5) is 13.9. The fourth-order valence-corrected chi connectivity index (χ4v) is 2.77. The number of hydrogen-bond acceptors (Lipinski definition) is 4. The van der Waals surface area contributed by atoms with Crippen LogP contribution in [-0.2, 0) is 22.6 Å². The van der Waals surface area contributed by atoms with Gasteiger partial charge in [0, 0.05) is 13.1 Å². The van der Waals surface area contributed by atoms with Crippen LogP contribution < -0.4 is 0 Å². The van der Waals surface area contributed by atoms with Crippen LogP contribution in [0.25, 0.3) is 0 Å². The van der Waals surface area contributed by atoms with Crippen LogP contribution in [0.5, 0.6) is 0 Å². The summed E-state index contributed by atoms with van der Waals surface area (Å²) in [5.41, 5.74) is 1.26. The van der Waals surface area contributed by atoms with Crippen molar-refractivity contribution in [2.24, 2.45) is 0 Å². The van der Waals surface area contributed by atoms with Gasteiger partial charge in [-0.3, -0.25) is 4.68 Å². The van der Waals surface area contributed by atoms with Crippen molar-refractivity contribution in [1.82, 2.24) is 14.7 Å². The van der Waals surface area contributed by atoms with Crippen molar-refractivity contribution in [3.05, 3.63) is 17.5 Å². The standard InChI is InChI=1S/C17H29N3O3/c1-7-20-14(10-13(2)18-20)11-22-17(6)8-9-19(12-17)15(21)23-16(3,4)5/h10H,7-9,11-12H2,1-6H3. The molecule has 1 aliphatic rings. The summed E-state index contributed by atoms with van der Waals surface area (Å²) >= 11 is 0. The minimum Gasteiger partial charge on any atom is -0.444 e. The van der Waals surface area contributed by atoms with Crippen LogP contribution in [-0.4, -0.2) is 45.1 Å². The molecule has 0 spiro atoms. The van der Waals surface area contributed by atoms with Gasteiger partial charge in [-0.05, 0) is 54.0 Å². The van der Waals surface area contributed by atoms with Gasteiger partial charge >= 0.3 is 6.09 Å². The van der Waals surface area contributed by atoms with E-state index < -0.39 is 5.60 Å². The van der Waals surface area contributed by atoms with E-state index in [4.69, 9.17) is 9.47 Å². The molecular formula is C17H29N3O3. The average molecular weight is 323 g/mol. The summed E-state index contributed by atoms with van der Waals surface area (Å²) in [6.07, 6.45) is 0.546. The molecule has 1 unspecified atom stereocenters. The predicted octanol–water partition coefficient (Wildman–Crippen LogP) is 3.13. The second-order valence-corrected chi connectivity index (χ2v) is 7.48. The zero-order valence-electron chi connectivity index (χ0n) is 15.2. The summed E-state index contributed by atoms with van der Waals surface area (Å²) < 4.78 is 13.5. The molecule has 6 heteroatoms. The lowest BCUT2D eigenvalue weighted by Crippen LogP contribution is -2.39. The van der Waals surface area contributed by atoms with E-state index in [0.717, 1.165) is 24.4 Å². The van der Waals surface area contributed by atoms with Gasteiger partial charge in [0.1, 0.15) is 5.60 Å². The first kappa shape index (κ1) is 17.8. The average Bonchev–Trinajstić information content (AvgIpc) is 2.98. The monoisotopic (exact) mass is 323 g/mol. The Kier molecular flexibility index (Phi) is 5.04. The predicted molar refractivity (Wildman–Crippen MR) is 88.3 cm³/mol. The van der Waals surface area contributed by atoms with Crippen LogP contribution in [0.15, 0.2) is 6.07 Å². The third-order valence-electron chi connectivity index (χ3n) is 3.94. The van der Waals surface area contributed by atoms with Crippen LogP contribution >= 0.6 is 0 Å². The van der Waals surface area contributed by atoms with Crippen molar-refractivity contribution in [1.29, 1.82) is 0 Å². The van der Waals surface area contributed by atoms with Crippen LogP contribution in [0.4, 0.5) is 4.79 Å². The third-order valence-corrected chi connectivity index (χ3v) is 3.94. The number of likely N-dealkylation sites (tertiary alicyclic amines) is 1. The highest BCUT2D eigenvalue weighted by atomic mass is 16.6. The van der Waals surface area contributed by atoms with Crippen LogP contribution in [0.3, 0.4) is 0 Å². The first-order valence-corrected chi connectivity index (χ1v) is 8.27. The molecule has 2 heterocycles. The number of rotatable bonds is 4. The molecule has 0 bridgehead atoms. The van der Waals surface area contributed by atoms with Gasteiger partial charge in [-0.2, -0.15) is 5.10 Å². The first-order chi connectivity index (χ1) is 10.6. The fraction of sp³-hybridized carbons (Fsp3) is 0.765. The minimum atomic E-state index is -0.470. The van der Waals surface area contributed by atoms with Gasteiger partial charge in [0.25, 0.3) is 0 Å². The quantitative estimate of drug-likeness (QED) is 0.854. The number of carbonyl (C=O) groups excluding carboxylic acids is 1. The number of amides is 1. The lowest BCUT2D eigenvalue weighted by atomic mass is 10.1. The van der Waals surface area contributed by atoms with E-state index in [-0.39, 0.29) is 11.7 Å². The molecule has 0 saturated carbocycles. The summed E-state index contributed by atoms with van der Waals surface area (Å²) in [6, 6.07) is 2.05. The van der Waals surface area contributed by atoms with Gasteiger partial charge in [0.15, 0.2) is 0 Å². The van der Waals surface area contributed by atoms with Crippen molar-refractivity contribution in [3.63, 3.8) is 0 Å². The molecule has 2 rings (SSSR count). The molecule has 0 aliphatic carbocycles. The minimum absolute atomic E-state index is 0.265. The Bertz CT molecular complexity index is 562. The van der Waals surface area contributed by atoms with Gasteiger partial charge < -0.3 is 14.4 Å². The number of aryl methyl sites for hydroxylation is 2. The molecule has 1 fully saturated rings. The van der Waals surface area contributed by atoms with E-state index in [9.17, 15) is 4.79 Å². The highest BCUT2D eigenvalue weighted by molar-refractivity contribution is 5.68. The summed E-state index contributed by atoms with van der Waals surface area (Å²) in [5.74, 6) is 0. The molecule has 1 aromatic rings. The Morgan fingerprint density at radius 2 is 2.13 bits per heavy atom. The van der Waals surface area contributed by atoms with Gasteiger partial charge in [0.05, 0.1) is 30.1 Å². The molecular weight excluding hydrogens is 294 g/mol. The Morgan fingerprint density at radius 1 is 1.43 bits per heavy atom. The molecule has 0 N–H and O–H groups in total. The van der Waals surface area contributed by atoms with Gasteiger partial charge in [-0.15, -0.1) is 0 Å². The molecule has 130 valence electrons. The zero-order chi connectivity index (χ0) is 17.3. The molecule has 0 aromatic carbocycles. The van der Waals surface area contributed by atoms with Crippen molar-refractivity contribution < 1.29 is 14.3 Å². The number of aromatic nitrogens is 2. The largest absolute Gasteiger partial charge is 0.444 e. The summed E-state index contributed by atoms with van der Waals surface area (Å²) in [7, 11) is 0. The fourth-order valence-electron chi connectivity index (χ4n) is 2.77. The van der Waals surface area contributed by atoms with Crippen LogP contribution in [0, 0.1) is 6.92 Å². The number of nitrogens with zero attached hydrogens (tertiary/aromatic N) is 3. The maximum absolute atomic E-state index is 12.2. The highest BCUT2D eigenvalue weighted by Crippen LogP contribution is 2.27. The summed E-state index contributed by atoms with van der Waals surface area (Å²) in [5, 5.41) is 4.43. The van der Waals surface area contributed by atoms with Crippen molar-refractivity contribution >= 4 is 6.09 Å². The number of ether oxygens (including phenoxy) is 2. The normalized spacial score (nSPS) is 21.7. The van der Waals surface area contributed by atoms with Crippen molar-refractivity contribution in [2.45, 2.75) is 72.3 Å². The van der Waals surface area contributed by atoms with Crippen molar-refractivity contribution in [2.75, 3.05) is 13.1 Å². The van der Waals surface area contributed by atoms with E-state index in [0.29, 0.717) is 19.7 Å². The van der Waals surface area contributed by atoms with Crippen LogP contribution in [0.1, 0.15) is 52.4 Å². The van der Waals surface area contributed by atoms with Crippen molar-refractivity contribution in [3.8, 4) is 0 Å². The van der Waals surface area contributed by atoms with E-state index >= 15 is 0 Å². The third kappa shape index (κ3) is 4.70. The zero-order valence-corrected chi connectivity index (χ0v) is 15.2. The van der Waals surface area contributed by atoms with E-state index in [1.165, 1.54) is 0 Å². The number of carbonyl (C=O) groups is 1. The molecule has 1 saturated heterocycles. The lowest BCUT2D eigenvalue weighted by molar-refractivity contribution is -0.0398. The summed E-state index contributed by atoms with van der Waals surface area (Å²) in [6.45, 7) is 14.3.